The molecule has 0 N–H and O–H groups in total. The van der Waals surface area contributed by atoms with E-state index in [1.54, 1.807) is 0 Å². The van der Waals surface area contributed by atoms with Crippen molar-refractivity contribution >= 4 is 87.0 Å². The van der Waals surface area contributed by atoms with Crippen LogP contribution in [0.15, 0.2) is 197 Å². The van der Waals surface area contributed by atoms with E-state index in [1.165, 1.54) is 32.3 Å². The van der Waals surface area contributed by atoms with E-state index >= 15 is 0 Å². The SMILES string of the molecule is c1ccc2cc(-c3nc(-c4cccc5oc6ccccc6c45)nc(-c4cccc5oc6cc(-c7ccc8c9ccccc9c9ccccc9c8c7)ccc6c45)n3)ccc2c1. The topological polar surface area (TPSA) is 65.0 Å². The maximum Gasteiger partial charge on any atom is 0.164 e. The molecule has 0 aliphatic rings. The summed E-state index contributed by atoms with van der Waals surface area (Å²) >= 11 is 0. The third-order valence-corrected chi connectivity index (χ3v) is 12.1. The van der Waals surface area contributed by atoms with Gasteiger partial charge in [0.15, 0.2) is 17.5 Å². The Labute approximate surface area is 342 Å². The Morgan fingerprint density at radius 3 is 1.42 bits per heavy atom. The van der Waals surface area contributed by atoms with Gasteiger partial charge in [0.1, 0.15) is 22.3 Å². The summed E-state index contributed by atoms with van der Waals surface area (Å²) in [5, 5.41) is 13.8. The molecule has 13 aromatic rings. The second-order valence-electron chi connectivity index (χ2n) is 15.5. The van der Waals surface area contributed by atoms with E-state index in [-0.39, 0.29) is 0 Å². The van der Waals surface area contributed by atoms with Crippen LogP contribution in [0.3, 0.4) is 0 Å². The zero-order valence-corrected chi connectivity index (χ0v) is 32.1. The van der Waals surface area contributed by atoms with E-state index in [9.17, 15) is 0 Å². The average molecular weight is 766 g/mol. The Balaban J connectivity index is 1.00. The predicted octanol–water partition coefficient (Wildman–Crippen LogP) is 15.0. The van der Waals surface area contributed by atoms with Crippen LogP contribution in [0.2, 0.25) is 0 Å². The highest BCUT2D eigenvalue weighted by Gasteiger charge is 2.21. The van der Waals surface area contributed by atoms with E-state index < -0.39 is 0 Å². The lowest BCUT2D eigenvalue weighted by molar-refractivity contribution is 0.668. The molecule has 0 unspecified atom stereocenters. The van der Waals surface area contributed by atoms with Crippen LogP contribution in [0, 0.1) is 0 Å². The number of para-hydroxylation sites is 1. The van der Waals surface area contributed by atoms with Crippen LogP contribution in [0.4, 0.5) is 0 Å². The number of aromatic nitrogens is 3. The molecule has 60 heavy (non-hydrogen) atoms. The minimum absolute atomic E-state index is 0.568. The van der Waals surface area contributed by atoms with Crippen molar-refractivity contribution in [1.82, 2.24) is 15.0 Å². The lowest BCUT2D eigenvalue weighted by Crippen LogP contribution is -2.00. The van der Waals surface area contributed by atoms with Crippen molar-refractivity contribution in [3.63, 3.8) is 0 Å². The summed E-state index contributed by atoms with van der Waals surface area (Å²) in [5.41, 5.74) is 8.07. The molecule has 0 fully saturated rings. The Kier molecular flexibility index (Phi) is 6.95. The number of benzene rings is 10. The maximum atomic E-state index is 6.68. The summed E-state index contributed by atoms with van der Waals surface area (Å²) < 4.78 is 13.0. The van der Waals surface area contributed by atoms with Gasteiger partial charge >= 0.3 is 0 Å². The number of fused-ring (bicyclic) bond motifs is 13. The molecule has 0 bridgehead atoms. The zero-order chi connectivity index (χ0) is 39.3. The van der Waals surface area contributed by atoms with Gasteiger partial charge in [-0.05, 0) is 96.7 Å². The van der Waals surface area contributed by atoms with Gasteiger partial charge in [-0.15, -0.1) is 0 Å². The van der Waals surface area contributed by atoms with Crippen LogP contribution < -0.4 is 0 Å². The van der Waals surface area contributed by atoms with E-state index in [1.807, 2.05) is 42.5 Å². The summed E-state index contributed by atoms with van der Waals surface area (Å²) in [6.07, 6.45) is 0. The molecule has 0 radical (unpaired) electrons. The monoisotopic (exact) mass is 765 g/mol. The Hall–Kier alpha value is -8.15. The predicted molar refractivity (Wildman–Crippen MR) is 246 cm³/mol. The largest absolute Gasteiger partial charge is 0.456 e. The fraction of sp³-hybridized carbons (Fsp3) is 0. The molecule has 3 aromatic heterocycles. The van der Waals surface area contributed by atoms with E-state index in [0.29, 0.717) is 17.5 Å². The van der Waals surface area contributed by atoms with Crippen molar-refractivity contribution < 1.29 is 8.83 Å². The van der Waals surface area contributed by atoms with Gasteiger partial charge in [-0.3, -0.25) is 0 Å². The van der Waals surface area contributed by atoms with Crippen LogP contribution in [0.1, 0.15) is 0 Å². The Morgan fingerprint density at radius 2 is 0.733 bits per heavy atom. The average Bonchev–Trinajstić information content (AvgIpc) is 3.89. The van der Waals surface area contributed by atoms with Gasteiger partial charge in [-0.25, -0.2) is 15.0 Å². The molecule has 5 nitrogen and oxygen atoms in total. The molecule has 0 saturated heterocycles. The minimum Gasteiger partial charge on any atom is -0.456 e. The molecule has 0 saturated carbocycles. The van der Waals surface area contributed by atoms with Crippen molar-refractivity contribution in [3.05, 3.63) is 188 Å². The smallest absolute Gasteiger partial charge is 0.164 e. The molecule has 5 heteroatoms. The Bertz CT molecular complexity index is 3880. The minimum atomic E-state index is 0.568. The van der Waals surface area contributed by atoms with E-state index in [0.717, 1.165) is 82.5 Å². The maximum absolute atomic E-state index is 6.68. The molecule has 10 aromatic carbocycles. The quantitative estimate of drug-likeness (QED) is 0.167. The third-order valence-electron chi connectivity index (χ3n) is 12.1. The van der Waals surface area contributed by atoms with Crippen molar-refractivity contribution in [1.29, 1.82) is 0 Å². The van der Waals surface area contributed by atoms with Gasteiger partial charge in [-0.2, -0.15) is 0 Å². The summed E-state index contributed by atoms with van der Waals surface area (Å²) in [6.45, 7) is 0. The van der Waals surface area contributed by atoms with Gasteiger partial charge in [-0.1, -0.05) is 146 Å². The molecule has 0 aliphatic carbocycles. The third kappa shape index (κ3) is 4.96. The van der Waals surface area contributed by atoms with E-state index in [4.69, 9.17) is 23.8 Å². The number of hydrogen-bond donors (Lipinski definition) is 0. The molecular formula is C55H31N3O2. The molecule has 0 spiro atoms. The van der Waals surface area contributed by atoms with Gasteiger partial charge in [0.2, 0.25) is 0 Å². The highest BCUT2D eigenvalue weighted by Crippen LogP contribution is 2.42. The summed E-state index contributed by atoms with van der Waals surface area (Å²) in [5.74, 6) is 1.73. The summed E-state index contributed by atoms with van der Waals surface area (Å²) in [4.78, 5) is 15.7. The highest BCUT2D eigenvalue weighted by atomic mass is 16.3. The normalized spacial score (nSPS) is 12.0. The first-order valence-corrected chi connectivity index (χ1v) is 20.2. The lowest BCUT2D eigenvalue weighted by atomic mass is 9.92. The van der Waals surface area contributed by atoms with Gasteiger partial charge in [0.25, 0.3) is 0 Å². The van der Waals surface area contributed by atoms with Crippen LogP contribution in [0.5, 0.6) is 0 Å². The molecule has 0 aliphatic heterocycles. The zero-order valence-electron chi connectivity index (χ0n) is 32.1. The van der Waals surface area contributed by atoms with Gasteiger partial charge in [0.05, 0.1) is 0 Å². The first-order valence-electron chi connectivity index (χ1n) is 20.2. The number of rotatable bonds is 4. The summed E-state index contributed by atoms with van der Waals surface area (Å²) in [7, 11) is 0. The first-order chi connectivity index (χ1) is 29.7. The van der Waals surface area contributed by atoms with Crippen LogP contribution in [-0.2, 0) is 0 Å². The highest BCUT2D eigenvalue weighted by molar-refractivity contribution is 6.26. The Morgan fingerprint density at radius 1 is 0.267 bits per heavy atom. The molecule has 0 amide bonds. The van der Waals surface area contributed by atoms with E-state index in [2.05, 4.69) is 146 Å². The molecule has 0 atom stereocenters. The fourth-order valence-corrected chi connectivity index (χ4v) is 9.31. The van der Waals surface area contributed by atoms with Crippen molar-refractivity contribution in [2.45, 2.75) is 0 Å². The van der Waals surface area contributed by atoms with Crippen molar-refractivity contribution in [2.75, 3.05) is 0 Å². The second-order valence-corrected chi connectivity index (χ2v) is 15.5. The number of nitrogens with zero attached hydrogens (tertiary/aromatic N) is 3. The van der Waals surface area contributed by atoms with Crippen LogP contribution in [-0.4, -0.2) is 15.0 Å². The fourth-order valence-electron chi connectivity index (χ4n) is 9.31. The van der Waals surface area contributed by atoms with Crippen LogP contribution in [0.25, 0.3) is 132 Å². The standard InChI is InChI=1S/C55H31N3O2/c1-2-12-33-29-36(24-23-32(33)11-1)53-56-54(44-18-9-21-48-51(44)42-17-7-8-20-47(42)59-48)58-55(57-53)45-19-10-22-49-52(45)43-28-26-35(31-50(43)60-49)34-25-27-41-39-15-4-3-13-37(39)38-14-5-6-16-40(38)46(41)30-34/h1-31H. The molecule has 3 heterocycles. The van der Waals surface area contributed by atoms with Gasteiger partial charge in [0, 0.05) is 38.2 Å². The van der Waals surface area contributed by atoms with Crippen molar-refractivity contribution in [2.24, 2.45) is 0 Å². The number of hydrogen-bond acceptors (Lipinski definition) is 5. The molecular weight excluding hydrogens is 735 g/mol. The van der Waals surface area contributed by atoms with Crippen molar-refractivity contribution in [3.8, 4) is 45.3 Å². The molecule has 13 rings (SSSR count). The lowest BCUT2D eigenvalue weighted by Gasteiger charge is -2.12. The second kappa shape index (κ2) is 12.7. The summed E-state index contributed by atoms with van der Waals surface area (Å²) in [6, 6.07) is 65.8. The molecule has 278 valence electrons. The van der Waals surface area contributed by atoms with Crippen LogP contribution >= 0.6 is 0 Å². The first kappa shape index (κ1) is 32.9. The number of furan rings is 2. The van der Waals surface area contributed by atoms with Gasteiger partial charge < -0.3 is 8.83 Å².